The molecule has 0 fully saturated rings. The highest BCUT2D eigenvalue weighted by atomic mass is 35.5. The van der Waals surface area contributed by atoms with Crippen LogP contribution >= 0.6 is 46.1 Å². The summed E-state index contributed by atoms with van der Waals surface area (Å²) in [7, 11) is 1.78. The van der Waals surface area contributed by atoms with Gasteiger partial charge in [-0.05, 0) is 30.8 Å². The van der Waals surface area contributed by atoms with Crippen molar-refractivity contribution in [2.75, 3.05) is 7.05 Å². The zero-order valence-electron chi connectivity index (χ0n) is 9.31. The van der Waals surface area contributed by atoms with Crippen molar-refractivity contribution in [1.82, 2.24) is 5.32 Å². The van der Waals surface area contributed by atoms with E-state index in [2.05, 4.69) is 5.32 Å². The summed E-state index contributed by atoms with van der Waals surface area (Å²) in [6.07, 6.45) is 0. The predicted octanol–water partition coefficient (Wildman–Crippen LogP) is 5.16. The van der Waals surface area contributed by atoms with Gasteiger partial charge in [-0.25, -0.2) is 4.39 Å². The molecule has 1 nitrogen and oxygen atoms in total. The average molecular weight is 325 g/mol. The molecule has 0 radical (unpaired) electrons. The lowest BCUT2D eigenvalue weighted by atomic mass is 10.0. The van der Waals surface area contributed by atoms with Crippen molar-refractivity contribution in [1.29, 1.82) is 0 Å². The summed E-state index contributed by atoms with van der Waals surface area (Å²) in [5.74, 6) is -0.452. The minimum Gasteiger partial charge on any atom is -0.309 e. The summed E-state index contributed by atoms with van der Waals surface area (Å²) in [5, 5.41) is 3.19. The van der Waals surface area contributed by atoms with Gasteiger partial charge in [0.05, 0.1) is 19.7 Å². The Hall–Kier alpha value is -0.320. The zero-order valence-corrected chi connectivity index (χ0v) is 12.4. The summed E-state index contributed by atoms with van der Waals surface area (Å²) in [6, 6.07) is 6.24. The minimum atomic E-state index is -0.452. The van der Waals surface area contributed by atoms with Crippen LogP contribution in [0.2, 0.25) is 13.7 Å². The van der Waals surface area contributed by atoms with E-state index < -0.39 is 5.82 Å². The summed E-state index contributed by atoms with van der Waals surface area (Å²) in [4.78, 5) is 0. The smallest absolute Gasteiger partial charge is 0.142 e. The number of benzene rings is 1. The molecule has 1 aromatic carbocycles. The van der Waals surface area contributed by atoms with E-state index in [1.54, 1.807) is 19.2 Å². The van der Waals surface area contributed by atoms with Gasteiger partial charge in [0, 0.05) is 5.56 Å². The Balaban J connectivity index is 2.45. The van der Waals surface area contributed by atoms with Crippen LogP contribution in [0.1, 0.15) is 17.2 Å². The highest BCUT2D eigenvalue weighted by molar-refractivity contribution is 7.20. The van der Waals surface area contributed by atoms with Gasteiger partial charge in [0.1, 0.15) is 5.82 Å². The fourth-order valence-corrected chi connectivity index (χ4v) is 3.39. The lowest BCUT2D eigenvalue weighted by Gasteiger charge is -2.16. The molecular formula is C12H9Cl3FNS. The molecule has 1 heterocycles. The molecule has 1 aromatic heterocycles. The molecule has 0 aliphatic rings. The quantitative estimate of drug-likeness (QED) is 0.822. The fourth-order valence-electron chi connectivity index (χ4n) is 1.74. The van der Waals surface area contributed by atoms with E-state index in [0.29, 0.717) is 8.67 Å². The largest absolute Gasteiger partial charge is 0.309 e. The first-order valence-corrected chi connectivity index (χ1v) is 7.05. The first kappa shape index (κ1) is 14.1. The maximum Gasteiger partial charge on any atom is 0.142 e. The van der Waals surface area contributed by atoms with Gasteiger partial charge in [-0.15, -0.1) is 11.3 Å². The monoisotopic (exact) mass is 323 g/mol. The van der Waals surface area contributed by atoms with Crippen molar-refractivity contribution < 1.29 is 4.39 Å². The van der Waals surface area contributed by atoms with Crippen molar-refractivity contribution in [3.8, 4) is 0 Å². The van der Waals surface area contributed by atoms with Gasteiger partial charge in [0.25, 0.3) is 0 Å². The van der Waals surface area contributed by atoms with Crippen molar-refractivity contribution >= 4 is 46.1 Å². The topological polar surface area (TPSA) is 12.0 Å². The van der Waals surface area contributed by atoms with Crippen LogP contribution in [0.4, 0.5) is 4.39 Å². The lowest BCUT2D eigenvalue weighted by molar-refractivity contribution is 0.617. The maximum atomic E-state index is 13.5. The molecule has 96 valence electrons. The molecule has 0 bridgehead atoms. The minimum absolute atomic E-state index is 0.100. The van der Waals surface area contributed by atoms with Crippen LogP contribution in [0.3, 0.4) is 0 Å². The van der Waals surface area contributed by atoms with Gasteiger partial charge in [-0.2, -0.15) is 0 Å². The molecule has 0 aliphatic carbocycles. The molecule has 0 aliphatic heterocycles. The molecule has 0 spiro atoms. The lowest BCUT2D eigenvalue weighted by Crippen LogP contribution is -2.17. The van der Waals surface area contributed by atoms with E-state index in [1.807, 2.05) is 0 Å². The van der Waals surface area contributed by atoms with Gasteiger partial charge >= 0.3 is 0 Å². The summed E-state index contributed by atoms with van der Waals surface area (Å²) >= 11 is 19.0. The van der Waals surface area contributed by atoms with Crippen LogP contribution in [0, 0.1) is 5.82 Å². The van der Waals surface area contributed by atoms with E-state index >= 15 is 0 Å². The van der Waals surface area contributed by atoms with Crippen LogP contribution in [0.25, 0.3) is 0 Å². The summed E-state index contributed by atoms with van der Waals surface area (Å²) in [5.41, 5.74) is 1.58. The van der Waals surface area contributed by atoms with Crippen LogP contribution < -0.4 is 5.32 Å². The molecule has 2 rings (SSSR count). The van der Waals surface area contributed by atoms with Crippen molar-refractivity contribution in [2.24, 2.45) is 0 Å². The van der Waals surface area contributed by atoms with Crippen LogP contribution in [0.15, 0.2) is 24.3 Å². The molecular weight excluding hydrogens is 316 g/mol. The first-order chi connectivity index (χ1) is 8.52. The second-order valence-electron chi connectivity index (χ2n) is 3.67. The highest BCUT2D eigenvalue weighted by Gasteiger charge is 2.19. The third-order valence-electron chi connectivity index (χ3n) is 2.56. The van der Waals surface area contributed by atoms with Crippen LogP contribution in [-0.4, -0.2) is 7.05 Å². The molecule has 1 unspecified atom stereocenters. The Bertz CT molecular complexity index is 570. The van der Waals surface area contributed by atoms with Gasteiger partial charge in [0.15, 0.2) is 0 Å². The second-order valence-corrected chi connectivity index (χ2v) is 6.37. The standard InChI is InChI=1S/C12H9Cl3FNS/c1-17-11(7-5-10(14)18-12(7)15)6-2-3-8(13)9(16)4-6/h2-5,11,17H,1H3. The molecule has 2 aromatic rings. The Morgan fingerprint density at radius 3 is 2.44 bits per heavy atom. The molecule has 0 saturated heterocycles. The van der Waals surface area contributed by atoms with E-state index in [1.165, 1.54) is 23.5 Å². The van der Waals surface area contributed by atoms with Crippen molar-refractivity contribution in [2.45, 2.75) is 6.04 Å². The van der Waals surface area contributed by atoms with E-state index in [0.717, 1.165) is 11.1 Å². The SMILES string of the molecule is CNC(c1ccc(Cl)c(F)c1)c1cc(Cl)sc1Cl. The number of hydrogen-bond acceptors (Lipinski definition) is 2. The molecule has 1 atom stereocenters. The van der Waals surface area contributed by atoms with Crippen molar-refractivity contribution in [3.05, 3.63) is 54.9 Å². The van der Waals surface area contributed by atoms with E-state index in [-0.39, 0.29) is 11.1 Å². The molecule has 0 saturated carbocycles. The Kier molecular flexibility index (Phi) is 4.51. The fraction of sp³-hybridized carbons (Fsp3) is 0.167. The number of hydrogen-bond donors (Lipinski definition) is 1. The Morgan fingerprint density at radius 1 is 1.22 bits per heavy atom. The van der Waals surface area contributed by atoms with E-state index in [4.69, 9.17) is 34.8 Å². The third-order valence-corrected chi connectivity index (χ3v) is 4.38. The zero-order chi connectivity index (χ0) is 13.3. The molecule has 0 amide bonds. The molecule has 6 heteroatoms. The highest BCUT2D eigenvalue weighted by Crippen LogP contribution is 2.37. The second kappa shape index (κ2) is 5.76. The Labute approximate surface area is 123 Å². The van der Waals surface area contributed by atoms with Gasteiger partial charge < -0.3 is 5.32 Å². The number of nitrogens with one attached hydrogen (secondary N) is 1. The van der Waals surface area contributed by atoms with Crippen LogP contribution in [-0.2, 0) is 0 Å². The van der Waals surface area contributed by atoms with Gasteiger partial charge in [-0.3, -0.25) is 0 Å². The third kappa shape index (κ3) is 2.81. The first-order valence-electron chi connectivity index (χ1n) is 5.10. The Morgan fingerprint density at radius 2 is 1.94 bits per heavy atom. The summed E-state index contributed by atoms with van der Waals surface area (Å²) < 4.78 is 14.7. The van der Waals surface area contributed by atoms with E-state index in [9.17, 15) is 4.39 Å². The number of rotatable bonds is 3. The predicted molar refractivity (Wildman–Crippen MR) is 76.7 cm³/mol. The van der Waals surface area contributed by atoms with Gasteiger partial charge in [-0.1, -0.05) is 40.9 Å². The van der Waals surface area contributed by atoms with Crippen molar-refractivity contribution in [3.63, 3.8) is 0 Å². The van der Waals surface area contributed by atoms with Gasteiger partial charge in [0.2, 0.25) is 0 Å². The molecule has 18 heavy (non-hydrogen) atoms. The number of halogens is 4. The average Bonchev–Trinajstić information content (AvgIpc) is 2.64. The maximum absolute atomic E-state index is 13.5. The number of thiophene rings is 1. The summed E-state index contributed by atoms with van der Waals surface area (Å²) in [6.45, 7) is 0. The van der Waals surface area contributed by atoms with Crippen LogP contribution in [0.5, 0.6) is 0 Å². The molecule has 1 N–H and O–H groups in total. The normalized spacial score (nSPS) is 12.7.